The lowest BCUT2D eigenvalue weighted by molar-refractivity contribution is 0.370. The zero-order chi connectivity index (χ0) is 15.3. The van der Waals surface area contributed by atoms with Gasteiger partial charge in [0.15, 0.2) is 5.96 Å². The molecule has 0 aliphatic heterocycles. The average Bonchev–Trinajstić information content (AvgIpc) is 2.52. The minimum Gasteiger partial charge on any atom is -0.481 e. The molecule has 1 aromatic rings. The quantitative estimate of drug-likeness (QED) is 0.226. The molecule has 0 radical (unpaired) electrons. The van der Waals surface area contributed by atoms with Gasteiger partial charge >= 0.3 is 0 Å². The molecule has 0 spiro atoms. The Hall–Kier alpha value is -1.42. The van der Waals surface area contributed by atoms with Gasteiger partial charge < -0.3 is 15.4 Å². The maximum absolute atomic E-state index is 5.34. The summed E-state index contributed by atoms with van der Waals surface area (Å²) >= 11 is 0. The van der Waals surface area contributed by atoms with Crippen LogP contribution in [-0.4, -0.2) is 32.7 Å². The number of ether oxygens (including phenoxy) is 1. The van der Waals surface area contributed by atoms with Crippen LogP contribution < -0.4 is 15.4 Å². The van der Waals surface area contributed by atoms with Crippen LogP contribution in [0, 0.1) is 12.3 Å². The first-order chi connectivity index (χ1) is 10.3. The molecule has 0 bridgehead atoms. The lowest BCUT2D eigenvalue weighted by Crippen LogP contribution is -2.38. The van der Waals surface area contributed by atoms with Crippen LogP contribution >= 0.6 is 24.0 Å². The number of hydrogen-bond donors (Lipinski definition) is 2. The molecule has 0 heterocycles. The maximum atomic E-state index is 5.34. The van der Waals surface area contributed by atoms with E-state index in [1.165, 1.54) is 12.0 Å². The highest BCUT2D eigenvalue weighted by molar-refractivity contribution is 14.0. The van der Waals surface area contributed by atoms with Crippen molar-refractivity contribution < 1.29 is 4.74 Å². The van der Waals surface area contributed by atoms with Crippen molar-refractivity contribution in [1.29, 1.82) is 0 Å². The molecule has 22 heavy (non-hydrogen) atoms. The van der Waals surface area contributed by atoms with Crippen LogP contribution in [-0.2, 0) is 6.42 Å². The minimum absolute atomic E-state index is 0. The van der Waals surface area contributed by atoms with E-state index in [-0.39, 0.29) is 24.0 Å². The van der Waals surface area contributed by atoms with Gasteiger partial charge in [0, 0.05) is 20.1 Å². The van der Waals surface area contributed by atoms with Crippen LogP contribution in [0.3, 0.4) is 0 Å². The van der Waals surface area contributed by atoms with E-state index in [2.05, 4.69) is 40.6 Å². The molecule has 5 heteroatoms. The molecule has 1 rings (SSSR count). The number of terminal acetylenes is 1. The Bertz CT molecular complexity index is 466. The fraction of sp³-hybridized carbons (Fsp3) is 0.471. The molecule has 1 aromatic carbocycles. The van der Waals surface area contributed by atoms with E-state index in [0.717, 1.165) is 37.6 Å². The molecule has 0 aliphatic carbocycles. The number of nitrogens with one attached hydrogen (secondary N) is 2. The third-order valence-corrected chi connectivity index (χ3v) is 3.00. The summed E-state index contributed by atoms with van der Waals surface area (Å²) in [7, 11) is 1.79. The third kappa shape index (κ3) is 8.78. The van der Waals surface area contributed by atoms with Crippen molar-refractivity contribution in [2.75, 3.05) is 26.7 Å². The molecule has 122 valence electrons. The molecule has 0 saturated carbocycles. The number of nitrogens with zero attached hydrogens (tertiary/aromatic N) is 1. The van der Waals surface area contributed by atoms with Crippen LogP contribution in [0.15, 0.2) is 29.3 Å². The number of halogens is 1. The van der Waals surface area contributed by atoms with Gasteiger partial charge in [0.2, 0.25) is 0 Å². The van der Waals surface area contributed by atoms with Crippen LogP contribution in [0.4, 0.5) is 0 Å². The summed E-state index contributed by atoms with van der Waals surface area (Å²) in [6, 6.07) is 8.00. The van der Waals surface area contributed by atoms with Crippen molar-refractivity contribution in [3.63, 3.8) is 0 Å². The van der Waals surface area contributed by atoms with Gasteiger partial charge in [-0.1, -0.05) is 31.4 Å². The highest BCUT2D eigenvalue weighted by atomic mass is 127. The summed E-state index contributed by atoms with van der Waals surface area (Å²) in [6.07, 6.45) is 8.42. The average molecular weight is 415 g/mol. The summed E-state index contributed by atoms with van der Waals surface area (Å²) in [6.45, 7) is 4.28. The molecule has 4 nitrogen and oxygen atoms in total. The topological polar surface area (TPSA) is 45.6 Å². The fourth-order valence-corrected chi connectivity index (χ4v) is 1.81. The Morgan fingerprint density at radius 3 is 2.50 bits per heavy atom. The molecule has 0 fully saturated rings. The smallest absolute Gasteiger partial charge is 0.190 e. The molecule has 0 unspecified atom stereocenters. The van der Waals surface area contributed by atoms with Crippen LogP contribution in [0.1, 0.15) is 25.3 Å². The molecule has 0 saturated heterocycles. The summed E-state index contributed by atoms with van der Waals surface area (Å²) in [5.74, 6) is 4.12. The van der Waals surface area contributed by atoms with Gasteiger partial charge in [0.1, 0.15) is 12.4 Å². The fourth-order valence-electron chi connectivity index (χ4n) is 1.81. The summed E-state index contributed by atoms with van der Waals surface area (Å²) in [5, 5.41) is 6.60. The molecular formula is C17H26IN3O. The predicted octanol–water partition coefficient (Wildman–Crippen LogP) is 2.82. The van der Waals surface area contributed by atoms with Crippen LogP contribution in [0.5, 0.6) is 5.75 Å². The Labute approximate surface area is 151 Å². The van der Waals surface area contributed by atoms with Crippen molar-refractivity contribution in [2.24, 2.45) is 4.99 Å². The number of rotatable bonds is 8. The van der Waals surface area contributed by atoms with E-state index in [4.69, 9.17) is 11.2 Å². The molecule has 0 atom stereocenters. The van der Waals surface area contributed by atoms with E-state index < -0.39 is 0 Å². The van der Waals surface area contributed by atoms with E-state index in [9.17, 15) is 0 Å². The van der Waals surface area contributed by atoms with Gasteiger partial charge in [-0.15, -0.1) is 30.4 Å². The second kappa shape index (κ2) is 13.3. The van der Waals surface area contributed by atoms with Gasteiger partial charge in [-0.3, -0.25) is 4.99 Å². The SMILES string of the molecule is C#CCOc1ccc(CCNC(=NC)NCCCC)cc1.I. The van der Waals surface area contributed by atoms with E-state index in [1.54, 1.807) is 7.05 Å². The van der Waals surface area contributed by atoms with Crippen molar-refractivity contribution >= 4 is 29.9 Å². The second-order valence-corrected chi connectivity index (χ2v) is 4.67. The highest BCUT2D eigenvalue weighted by Gasteiger charge is 1.98. The number of unbranched alkanes of at least 4 members (excludes halogenated alkanes) is 1. The lowest BCUT2D eigenvalue weighted by Gasteiger charge is -2.11. The molecule has 2 N–H and O–H groups in total. The maximum Gasteiger partial charge on any atom is 0.190 e. The summed E-state index contributed by atoms with van der Waals surface area (Å²) in [4.78, 5) is 4.19. The van der Waals surface area contributed by atoms with Crippen LogP contribution in [0.25, 0.3) is 0 Å². The standard InChI is InChI=1S/C17H25N3O.HI/c1-4-6-12-19-17(18-3)20-13-11-15-7-9-16(10-8-15)21-14-5-2;/h2,7-10H,4,6,11-14H2,1,3H3,(H2,18,19,20);1H. The Balaban J connectivity index is 0.00000441. The van der Waals surface area contributed by atoms with Gasteiger partial charge in [0.25, 0.3) is 0 Å². The second-order valence-electron chi connectivity index (χ2n) is 4.67. The third-order valence-electron chi connectivity index (χ3n) is 3.00. The zero-order valence-electron chi connectivity index (χ0n) is 13.4. The first kappa shape index (κ1) is 20.6. The van der Waals surface area contributed by atoms with Crippen molar-refractivity contribution in [3.05, 3.63) is 29.8 Å². The molecular weight excluding hydrogens is 389 g/mol. The number of hydrogen-bond acceptors (Lipinski definition) is 2. The van der Waals surface area contributed by atoms with E-state index in [0.29, 0.717) is 6.61 Å². The number of aliphatic imine (C=N–C) groups is 1. The van der Waals surface area contributed by atoms with Crippen molar-refractivity contribution in [3.8, 4) is 18.1 Å². The Morgan fingerprint density at radius 1 is 1.23 bits per heavy atom. The van der Waals surface area contributed by atoms with Gasteiger partial charge in [0.05, 0.1) is 0 Å². The normalized spacial score (nSPS) is 10.3. The minimum atomic E-state index is 0. The first-order valence-corrected chi connectivity index (χ1v) is 7.39. The van der Waals surface area contributed by atoms with E-state index >= 15 is 0 Å². The molecule has 0 aliphatic rings. The summed E-state index contributed by atoms with van der Waals surface area (Å²) < 4.78 is 5.34. The summed E-state index contributed by atoms with van der Waals surface area (Å²) in [5.41, 5.74) is 1.25. The monoisotopic (exact) mass is 415 g/mol. The van der Waals surface area contributed by atoms with Gasteiger partial charge in [-0.25, -0.2) is 0 Å². The zero-order valence-corrected chi connectivity index (χ0v) is 15.7. The van der Waals surface area contributed by atoms with Gasteiger partial charge in [-0.2, -0.15) is 0 Å². The number of benzene rings is 1. The first-order valence-electron chi connectivity index (χ1n) is 7.39. The number of guanidine groups is 1. The van der Waals surface area contributed by atoms with Crippen molar-refractivity contribution in [2.45, 2.75) is 26.2 Å². The van der Waals surface area contributed by atoms with Crippen LogP contribution in [0.2, 0.25) is 0 Å². The molecule has 0 amide bonds. The highest BCUT2D eigenvalue weighted by Crippen LogP contribution is 2.12. The molecule has 0 aromatic heterocycles. The van der Waals surface area contributed by atoms with Gasteiger partial charge in [-0.05, 0) is 30.5 Å². The van der Waals surface area contributed by atoms with Crippen molar-refractivity contribution in [1.82, 2.24) is 10.6 Å². The lowest BCUT2D eigenvalue weighted by atomic mass is 10.1. The Kier molecular flexibility index (Phi) is 12.4. The Morgan fingerprint density at radius 2 is 1.91 bits per heavy atom. The van der Waals surface area contributed by atoms with E-state index in [1.807, 2.05) is 12.1 Å². The largest absolute Gasteiger partial charge is 0.481 e. The predicted molar refractivity (Wildman–Crippen MR) is 104 cm³/mol.